The number of benzene rings is 1. The maximum absolute atomic E-state index is 14.0. The molecule has 2 fully saturated rings. The summed E-state index contributed by atoms with van der Waals surface area (Å²) >= 11 is 1.35. The molecule has 14 nitrogen and oxygen atoms in total. The third kappa shape index (κ3) is 5.65. The van der Waals surface area contributed by atoms with Crippen LogP contribution in [0.1, 0.15) is 32.9 Å². The van der Waals surface area contributed by atoms with E-state index in [-0.39, 0.29) is 37.4 Å². The van der Waals surface area contributed by atoms with Crippen molar-refractivity contribution in [2.75, 3.05) is 45.9 Å². The fraction of sp³-hybridized carbons (Fsp3) is 0.481. The Labute approximate surface area is 252 Å². The Bertz CT molecular complexity index is 1660. The lowest BCUT2D eigenvalue weighted by Crippen LogP contribution is -2.65. The molecule has 43 heavy (non-hydrogen) atoms. The van der Waals surface area contributed by atoms with E-state index in [1.165, 1.54) is 28.0 Å². The number of nitrogens with one attached hydrogen (secondary N) is 1. The van der Waals surface area contributed by atoms with Crippen molar-refractivity contribution in [3.8, 4) is 0 Å². The maximum atomic E-state index is 14.0. The van der Waals surface area contributed by atoms with Gasteiger partial charge in [0, 0.05) is 85.3 Å². The molecule has 3 aliphatic heterocycles. The summed E-state index contributed by atoms with van der Waals surface area (Å²) in [6.07, 6.45) is 4.51. The van der Waals surface area contributed by atoms with E-state index in [1.807, 2.05) is 4.90 Å². The highest BCUT2D eigenvalue weighted by Crippen LogP contribution is 2.28. The zero-order valence-electron chi connectivity index (χ0n) is 23.6. The molecule has 16 heteroatoms. The molecule has 0 spiro atoms. The van der Waals surface area contributed by atoms with Gasteiger partial charge < -0.3 is 30.7 Å². The Morgan fingerprint density at radius 3 is 2.74 bits per heavy atom. The SMILES string of the molecule is CC1Cc2nc(C(=O)N3CCN(S(=O)(=O)n4cc5ccc(C(N)=NO)cc5c4)CC3C(C=O)N3CCOCC3)sc2CN1. The number of thiazole rings is 1. The fourth-order valence-electron chi connectivity index (χ4n) is 5.96. The zero-order chi connectivity index (χ0) is 30.3. The van der Waals surface area contributed by atoms with E-state index in [0.29, 0.717) is 54.2 Å². The first-order valence-electron chi connectivity index (χ1n) is 14.1. The topological polar surface area (TPSA) is 176 Å². The van der Waals surface area contributed by atoms with Gasteiger partial charge >= 0.3 is 10.2 Å². The number of aromatic nitrogens is 2. The molecule has 4 N–H and O–H groups in total. The van der Waals surface area contributed by atoms with Crippen LogP contribution in [0.25, 0.3) is 10.8 Å². The van der Waals surface area contributed by atoms with Crippen molar-refractivity contribution in [3.05, 3.63) is 51.7 Å². The lowest BCUT2D eigenvalue weighted by atomic mass is 10.0. The highest BCUT2D eigenvalue weighted by Gasteiger charge is 2.43. The number of hydrogen-bond donors (Lipinski definition) is 3. The monoisotopic (exact) mass is 630 g/mol. The Morgan fingerprint density at radius 2 is 2.00 bits per heavy atom. The van der Waals surface area contributed by atoms with Gasteiger partial charge in [-0.2, -0.15) is 12.7 Å². The summed E-state index contributed by atoms with van der Waals surface area (Å²) in [5.41, 5.74) is 7.07. The lowest BCUT2D eigenvalue weighted by molar-refractivity contribution is -0.117. The van der Waals surface area contributed by atoms with Gasteiger partial charge in [0.05, 0.1) is 31.0 Å². The molecule has 0 aliphatic carbocycles. The smallest absolute Gasteiger partial charge is 0.307 e. The molecule has 2 aromatic heterocycles. The van der Waals surface area contributed by atoms with Gasteiger partial charge in [-0.05, 0) is 13.0 Å². The van der Waals surface area contributed by atoms with Crippen LogP contribution in [-0.2, 0) is 32.7 Å². The molecule has 6 rings (SSSR count). The summed E-state index contributed by atoms with van der Waals surface area (Å²) < 4.78 is 35.8. The van der Waals surface area contributed by atoms with Gasteiger partial charge in [0.1, 0.15) is 6.29 Å². The van der Waals surface area contributed by atoms with E-state index in [2.05, 4.69) is 22.4 Å². The minimum atomic E-state index is -4.07. The number of rotatable bonds is 7. The number of nitrogens with two attached hydrogens (primary N) is 1. The predicted molar refractivity (Wildman–Crippen MR) is 160 cm³/mol. The molecule has 5 heterocycles. The van der Waals surface area contributed by atoms with E-state index in [4.69, 9.17) is 15.7 Å². The van der Waals surface area contributed by atoms with Crippen molar-refractivity contribution in [3.63, 3.8) is 0 Å². The number of fused-ring (bicyclic) bond motifs is 2. The molecule has 1 aromatic carbocycles. The molecule has 3 unspecified atom stereocenters. The number of morpholine rings is 1. The molecule has 0 bridgehead atoms. The van der Waals surface area contributed by atoms with E-state index >= 15 is 0 Å². The number of nitrogens with zero attached hydrogens (tertiary/aromatic N) is 6. The number of piperazine rings is 1. The highest BCUT2D eigenvalue weighted by atomic mass is 32.2. The van der Waals surface area contributed by atoms with Gasteiger partial charge in [-0.3, -0.25) is 9.69 Å². The molecule has 3 atom stereocenters. The number of oxime groups is 1. The molecule has 2 saturated heterocycles. The van der Waals surface area contributed by atoms with Crippen LogP contribution in [0.2, 0.25) is 0 Å². The molecule has 3 aliphatic rings. The number of carbonyl (C=O) groups is 2. The van der Waals surface area contributed by atoms with Crippen LogP contribution in [0.3, 0.4) is 0 Å². The molecule has 0 saturated carbocycles. The molecular formula is C27H34N8O6S2. The summed E-state index contributed by atoms with van der Waals surface area (Å²) in [7, 11) is -4.07. The number of aldehydes is 1. The number of carbonyl (C=O) groups excluding carboxylic acids is 2. The van der Waals surface area contributed by atoms with Crippen LogP contribution in [0.5, 0.6) is 0 Å². The summed E-state index contributed by atoms with van der Waals surface area (Å²) in [5.74, 6) is -0.382. The average Bonchev–Trinajstić information content (AvgIpc) is 3.65. The van der Waals surface area contributed by atoms with E-state index in [1.54, 1.807) is 23.1 Å². The van der Waals surface area contributed by atoms with Crippen LogP contribution in [0.4, 0.5) is 0 Å². The largest absolute Gasteiger partial charge is 0.409 e. The van der Waals surface area contributed by atoms with E-state index in [0.717, 1.165) is 27.3 Å². The first-order valence-corrected chi connectivity index (χ1v) is 16.3. The van der Waals surface area contributed by atoms with E-state index in [9.17, 15) is 18.0 Å². The first-order chi connectivity index (χ1) is 20.7. The Kier molecular flexibility index (Phi) is 8.23. The highest BCUT2D eigenvalue weighted by molar-refractivity contribution is 7.87. The minimum Gasteiger partial charge on any atom is -0.409 e. The zero-order valence-corrected chi connectivity index (χ0v) is 25.3. The van der Waals surface area contributed by atoms with Crippen molar-refractivity contribution in [2.24, 2.45) is 10.9 Å². The normalized spacial score (nSPS) is 23.3. The minimum absolute atomic E-state index is 0.0484. The predicted octanol–water partition coefficient (Wildman–Crippen LogP) is 0.0457. The van der Waals surface area contributed by atoms with E-state index < -0.39 is 22.3 Å². The van der Waals surface area contributed by atoms with Crippen molar-refractivity contribution < 1.29 is 28.0 Å². The fourth-order valence-corrected chi connectivity index (χ4v) is 8.37. The molecule has 0 radical (unpaired) electrons. The van der Waals surface area contributed by atoms with Crippen molar-refractivity contribution in [2.45, 2.75) is 38.0 Å². The summed E-state index contributed by atoms with van der Waals surface area (Å²) in [6.45, 7) is 4.68. The van der Waals surface area contributed by atoms with Crippen LogP contribution >= 0.6 is 11.3 Å². The second kappa shape index (κ2) is 11.9. The lowest BCUT2D eigenvalue weighted by Gasteiger charge is -2.45. The second-order valence-corrected chi connectivity index (χ2v) is 13.9. The van der Waals surface area contributed by atoms with Gasteiger partial charge in [-0.25, -0.2) is 8.96 Å². The molecular weight excluding hydrogens is 596 g/mol. The quantitative estimate of drug-likeness (QED) is 0.106. The third-order valence-corrected chi connectivity index (χ3v) is 11.1. The van der Waals surface area contributed by atoms with Gasteiger partial charge in [0.2, 0.25) is 0 Å². The number of ether oxygens (including phenoxy) is 1. The Hall–Kier alpha value is -3.41. The Morgan fingerprint density at radius 1 is 1.23 bits per heavy atom. The van der Waals surface area contributed by atoms with Crippen LogP contribution in [0, 0.1) is 0 Å². The summed E-state index contributed by atoms with van der Waals surface area (Å²) in [5, 5.41) is 17.0. The summed E-state index contributed by atoms with van der Waals surface area (Å²) in [6, 6.07) is 3.77. The standard InChI is InChI=1S/C27H34N8O6S2/c1-17-10-21-24(12-29-17)42-26(30-21)27(37)35-5-4-33(15-22(35)23(16-36)32-6-8-41-9-7-32)43(39,40)34-13-19-3-2-18(25(28)31-38)11-20(19)14-34/h2-3,11,13-14,16-17,22-23,29,38H,4-10,12,15H2,1H3,(H2,28,31). The second-order valence-electron chi connectivity index (χ2n) is 11.0. The van der Waals surface area contributed by atoms with Gasteiger partial charge in [-0.1, -0.05) is 17.3 Å². The number of amides is 1. The van der Waals surface area contributed by atoms with Crippen molar-refractivity contribution >= 4 is 50.3 Å². The third-order valence-electron chi connectivity index (χ3n) is 8.33. The van der Waals surface area contributed by atoms with Gasteiger partial charge in [-0.15, -0.1) is 11.3 Å². The maximum Gasteiger partial charge on any atom is 0.307 e. The molecule has 230 valence electrons. The van der Waals surface area contributed by atoms with Gasteiger partial charge in [0.15, 0.2) is 10.8 Å². The van der Waals surface area contributed by atoms with Crippen LogP contribution in [-0.4, -0.2) is 119 Å². The first kappa shape index (κ1) is 29.7. The molecule has 3 aromatic rings. The Balaban J connectivity index is 1.31. The van der Waals surface area contributed by atoms with Gasteiger partial charge in [0.25, 0.3) is 5.91 Å². The summed E-state index contributed by atoms with van der Waals surface area (Å²) in [4.78, 5) is 35.8. The van der Waals surface area contributed by atoms with Crippen molar-refractivity contribution in [1.29, 1.82) is 0 Å². The number of amidine groups is 1. The average molecular weight is 631 g/mol. The number of hydrogen-bond acceptors (Lipinski definition) is 11. The molecule has 1 amide bonds. The van der Waals surface area contributed by atoms with Crippen LogP contribution in [0.15, 0.2) is 35.7 Å². The van der Waals surface area contributed by atoms with Crippen LogP contribution < -0.4 is 11.1 Å². The van der Waals surface area contributed by atoms with Crippen molar-refractivity contribution in [1.82, 2.24) is 28.4 Å².